The molecule has 1 aromatic heterocycles. The molecule has 1 aromatic rings. The lowest BCUT2D eigenvalue weighted by atomic mass is 10.1. The smallest absolute Gasteiger partial charge is 0.124 e. The van der Waals surface area contributed by atoms with Gasteiger partial charge in [0, 0.05) is 12.4 Å². The van der Waals surface area contributed by atoms with Crippen molar-refractivity contribution in [1.82, 2.24) is 15.4 Å². The van der Waals surface area contributed by atoms with Gasteiger partial charge in [0.25, 0.3) is 0 Å². The molecule has 0 radical (unpaired) electrons. The fourth-order valence-corrected chi connectivity index (χ4v) is 1.23. The zero-order valence-corrected chi connectivity index (χ0v) is 7.66. The Morgan fingerprint density at radius 1 is 1.77 bits per heavy atom. The summed E-state index contributed by atoms with van der Waals surface area (Å²) < 4.78 is 0. The molecule has 72 valence electrons. The molecule has 0 saturated heterocycles. The number of hydrogen-bond donors (Lipinski definition) is 3. The van der Waals surface area contributed by atoms with Gasteiger partial charge >= 0.3 is 0 Å². The number of rotatable bonds is 6. The number of hydrazine groups is 1. The van der Waals surface area contributed by atoms with Crippen molar-refractivity contribution in [2.75, 3.05) is 0 Å². The number of hydrogen-bond acceptors (Lipinski definition) is 3. The fraction of sp³-hybridized carbons (Fsp3) is 0.444. The third kappa shape index (κ3) is 3.01. The molecule has 1 rings (SSSR count). The molecule has 1 unspecified atom stereocenters. The van der Waals surface area contributed by atoms with Gasteiger partial charge in [0.1, 0.15) is 5.82 Å². The van der Waals surface area contributed by atoms with Gasteiger partial charge in [-0.15, -0.1) is 6.58 Å². The van der Waals surface area contributed by atoms with Gasteiger partial charge in [0.15, 0.2) is 0 Å². The molecule has 0 spiro atoms. The summed E-state index contributed by atoms with van der Waals surface area (Å²) in [5.74, 6) is 6.31. The van der Waals surface area contributed by atoms with Crippen molar-refractivity contribution < 1.29 is 0 Å². The summed E-state index contributed by atoms with van der Waals surface area (Å²) in [7, 11) is 0. The molecule has 4 heteroatoms. The van der Waals surface area contributed by atoms with Gasteiger partial charge in [-0.1, -0.05) is 6.08 Å². The summed E-state index contributed by atoms with van der Waals surface area (Å²) in [6, 6.07) is 0.120. The van der Waals surface area contributed by atoms with Crippen LogP contribution in [0.1, 0.15) is 31.1 Å². The van der Waals surface area contributed by atoms with Gasteiger partial charge in [-0.3, -0.25) is 5.84 Å². The predicted molar refractivity (Wildman–Crippen MR) is 52.7 cm³/mol. The van der Waals surface area contributed by atoms with Crippen LogP contribution in [0.2, 0.25) is 0 Å². The zero-order valence-electron chi connectivity index (χ0n) is 7.66. The lowest BCUT2D eigenvalue weighted by Gasteiger charge is -2.11. The second-order valence-corrected chi connectivity index (χ2v) is 2.91. The third-order valence-corrected chi connectivity index (χ3v) is 1.95. The zero-order chi connectivity index (χ0) is 9.52. The number of aromatic nitrogens is 2. The van der Waals surface area contributed by atoms with Crippen LogP contribution < -0.4 is 11.3 Å². The SMILES string of the molecule is C=CCCCC(NN)c1ncc[nH]1. The molecule has 0 saturated carbocycles. The average Bonchev–Trinajstić information content (AvgIpc) is 2.65. The van der Waals surface area contributed by atoms with E-state index in [1.165, 1.54) is 0 Å². The molecule has 4 N–H and O–H groups in total. The molecule has 0 bridgehead atoms. The normalized spacial score (nSPS) is 12.7. The molecule has 1 atom stereocenters. The highest BCUT2D eigenvalue weighted by Gasteiger charge is 2.10. The standard InChI is InChI=1S/C9H16N4/c1-2-3-4-5-8(13-10)9-11-6-7-12-9/h2,6-8,13H,1,3-5,10H2,(H,11,12). The van der Waals surface area contributed by atoms with Crippen LogP contribution in [0.5, 0.6) is 0 Å². The van der Waals surface area contributed by atoms with E-state index in [1.807, 2.05) is 6.08 Å². The quantitative estimate of drug-likeness (QED) is 0.267. The van der Waals surface area contributed by atoms with E-state index in [4.69, 9.17) is 5.84 Å². The molecule has 4 nitrogen and oxygen atoms in total. The van der Waals surface area contributed by atoms with Crippen LogP contribution in [0.25, 0.3) is 0 Å². The van der Waals surface area contributed by atoms with Crippen molar-refractivity contribution in [2.45, 2.75) is 25.3 Å². The number of unbranched alkanes of at least 4 members (excludes halogenated alkanes) is 1. The Balaban J connectivity index is 2.39. The molecule has 0 aliphatic rings. The van der Waals surface area contributed by atoms with Gasteiger partial charge in [0.05, 0.1) is 6.04 Å². The molecule has 0 fully saturated rings. The first-order valence-corrected chi connectivity index (χ1v) is 4.44. The minimum Gasteiger partial charge on any atom is -0.347 e. The van der Waals surface area contributed by atoms with Crippen molar-refractivity contribution in [3.63, 3.8) is 0 Å². The summed E-state index contributed by atoms with van der Waals surface area (Å²) >= 11 is 0. The highest BCUT2D eigenvalue weighted by atomic mass is 15.2. The number of nitrogens with zero attached hydrogens (tertiary/aromatic N) is 1. The lowest BCUT2D eigenvalue weighted by Crippen LogP contribution is -2.28. The number of aromatic amines is 1. The Bertz CT molecular complexity index is 230. The Morgan fingerprint density at radius 2 is 2.62 bits per heavy atom. The van der Waals surface area contributed by atoms with Crippen LogP contribution in [0.4, 0.5) is 0 Å². The van der Waals surface area contributed by atoms with E-state index < -0.39 is 0 Å². The second kappa shape index (κ2) is 5.50. The lowest BCUT2D eigenvalue weighted by molar-refractivity contribution is 0.481. The Labute approximate surface area is 78.2 Å². The van der Waals surface area contributed by atoms with E-state index in [2.05, 4.69) is 22.0 Å². The molecule has 13 heavy (non-hydrogen) atoms. The van der Waals surface area contributed by atoms with Crippen LogP contribution in [-0.2, 0) is 0 Å². The minimum atomic E-state index is 0.120. The highest BCUT2D eigenvalue weighted by molar-refractivity contribution is 4.94. The van der Waals surface area contributed by atoms with E-state index in [-0.39, 0.29) is 6.04 Å². The van der Waals surface area contributed by atoms with Gasteiger partial charge in [-0.05, 0) is 19.3 Å². The van der Waals surface area contributed by atoms with Crippen LogP contribution in [0.3, 0.4) is 0 Å². The predicted octanol–water partition coefficient (Wildman–Crippen LogP) is 1.27. The third-order valence-electron chi connectivity index (χ3n) is 1.95. The van der Waals surface area contributed by atoms with Crippen molar-refractivity contribution in [3.8, 4) is 0 Å². The highest BCUT2D eigenvalue weighted by Crippen LogP contribution is 2.14. The van der Waals surface area contributed by atoms with Crippen molar-refractivity contribution >= 4 is 0 Å². The van der Waals surface area contributed by atoms with E-state index in [0.29, 0.717) is 0 Å². The van der Waals surface area contributed by atoms with E-state index >= 15 is 0 Å². The molecular formula is C9H16N4. The first-order valence-electron chi connectivity index (χ1n) is 4.44. The monoisotopic (exact) mass is 180 g/mol. The van der Waals surface area contributed by atoms with Crippen LogP contribution >= 0.6 is 0 Å². The first-order chi connectivity index (χ1) is 6.38. The fourth-order valence-electron chi connectivity index (χ4n) is 1.23. The van der Waals surface area contributed by atoms with Crippen molar-refractivity contribution in [3.05, 3.63) is 30.9 Å². The Hall–Kier alpha value is -1.13. The maximum absolute atomic E-state index is 5.41. The maximum Gasteiger partial charge on any atom is 0.124 e. The van der Waals surface area contributed by atoms with E-state index in [0.717, 1.165) is 25.1 Å². The summed E-state index contributed by atoms with van der Waals surface area (Å²) in [6.45, 7) is 3.67. The number of imidazole rings is 1. The Morgan fingerprint density at radius 3 is 3.15 bits per heavy atom. The number of H-pyrrole nitrogens is 1. The first kappa shape index (κ1) is 9.95. The molecule has 1 heterocycles. The van der Waals surface area contributed by atoms with E-state index in [9.17, 15) is 0 Å². The minimum absolute atomic E-state index is 0.120. The summed E-state index contributed by atoms with van der Waals surface area (Å²) in [5.41, 5.74) is 2.74. The number of nitrogens with two attached hydrogens (primary N) is 1. The van der Waals surface area contributed by atoms with Crippen LogP contribution in [0, 0.1) is 0 Å². The van der Waals surface area contributed by atoms with Crippen LogP contribution in [0.15, 0.2) is 25.0 Å². The van der Waals surface area contributed by atoms with Crippen molar-refractivity contribution in [2.24, 2.45) is 5.84 Å². The average molecular weight is 180 g/mol. The summed E-state index contributed by atoms with van der Waals surface area (Å²) in [5, 5.41) is 0. The van der Waals surface area contributed by atoms with Crippen LogP contribution in [-0.4, -0.2) is 9.97 Å². The van der Waals surface area contributed by atoms with Gasteiger partial charge in [-0.25, -0.2) is 10.4 Å². The van der Waals surface area contributed by atoms with E-state index in [1.54, 1.807) is 12.4 Å². The molecule has 0 aliphatic carbocycles. The van der Waals surface area contributed by atoms with Gasteiger partial charge in [-0.2, -0.15) is 0 Å². The van der Waals surface area contributed by atoms with Crippen molar-refractivity contribution in [1.29, 1.82) is 0 Å². The summed E-state index contributed by atoms with van der Waals surface area (Å²) in [6.07, 6.45) is 8.49. The number of allylic oxidation sites excluding steroid dienone is 1. The Kier molecular flexibility index (Phi) is 4.21. The van der Waals surface area contributed by atoms with Gasteiger partial charge in [0.2, 0.25) is 0 Å². The molecule has 0 aromatic carbocycles. The maximum atomic E-state index is 5.41. The second-order valence-electron chi connectivity index (χ2n) is 2.91. The molecule has 0 aliphatic heterocycles. The largest absolute Gasteiger partial charge is 0.347 e. The van der Waals surface area contributed by atoms with Gasteiger partial charge < -0.3 is 4.98 Å². The molecular weight excluding hydrogens is 164 g/mol. The topological polar surface area (TPSA) is 66.7 Å². The summed E-state index contributed by atoms with van der Waals surface area (Å²) in [4.78, 5) is 7.18. The number of nitrogens with one attached hydrogen (secondary N) is 2. The molecule has 0 amide bonds.